The summed E-state index contributed by atoms with van der Waals surface area (Å²) < 4.78 is 5.59. The van der Waals surface area contributed by atoms with Gasteiger partial charge < -0.3 is 9.84 Å². The second-order valence-electron chi connectivity index (χ2n) is 5.44. The molecule has 0 spiro atoms. The molecule has 0 heterocycles. The minimum atomic E-state index is -1.47. The Morgan fingerprint density at radius 2 is 1.64 bits per heavy atom. The summed E-state index contributed by atoms with van der Waals surface area (Å²) in [4.78, 5) is 22.0. The van der Waals surface area contributed by atoms with E-state index in [2.05, 4.69) is 18.2 Å². The Bertz CT molecular complexity index is 934. The van der Waals surface area contributed by atoms with Gasteiger partial charge in [0.15, 0.2) is 0 Å². The van der Waals surface area contributed by atoms with Gasteiger partial charge in [-0.2, -0.15) is 0 Å². The van der Waals surface area contributed by atoms with Crippen molar-refractivity contribution in [3.8, 4) is 5.75 Å². The van der Waals surface area contributed by atoms with Crippen molar-refractivity contribution in [1.82, 2.24) is 0 Å². The van der Waals surface area contributed by atoms with E-state index in [1.54, 1.807) is 12.1 Å². The van der Waals surface area contributed by atoms with E-state index in [-0.39, 0.29) is 5.56 Å². The van der Waals surface area contributed by atoms with Crippen LogP contribution in [0.25, 0.3) is 16.8 Å². The Balaban J connectivity index is 1.63. The Kier molecular flexibility index (Phi) is 4.90. The molecule has 0 atom stereocenters. The highest BCUT2D eigenvalue weighted by molar-refractivity contribution is 6.39. The Morgan fingerprint density at radius 3 is 2.40 bits per heavy atom. The minimum absolute atomic E-state index is 0.131. The minimum Gasteiger partial charge on any atom is -0.490 e. The maximum atomic E-state index is 11.3. The quantitative estimate of drug-likeness (QED) is 0.543. The normalized spacial score (nSPS) is 10.9. The van der Waals surface area contributed by atoms with Crippen LogP contribution in [0.3, 0.4) is 0 Å². The molecule has 0 fully saturated rings. The van der Waals surface area contributed by atoms with E-state index in [0.717, 1.165) is 5.56 Å². The SMILES string of the molecule is O=C(O)C(=O)c1ccc(OCC=Cc2cccc3ccccc23)cc1. The second-order valence-corrected chi connectivity index (χ2v) is 5.44. The zero-order chi connectivity index (χ0) is 17.6. The molecule has 4 heteroatoms. The molecule has 0 unspecified atom stereocenters. The molecule has 0 radical (unpaired) electrons. The first-order valence-corrected chi connectivity index (χ1v) is 7.80. The standard InChI is InChI=1S/C21H16O4/c22-20(21(23)24)17-10-12-18(13-11-17)25-14-4-8-16-7-3-6-15-5-1-2-9-19(15)16/h1-13H,14H2,(H,23,24). The van der Waals surface area contributed by atoms with Gasteiger partial charge >= 0.3 is 5.97 Å². The molecule has 0 aliphatic carbocycles. The molecular formula is C21H16O4. The topological polar surface area (TPSA) is 63.6 Å². The number of aliphatic carboxylic acids is 1. The molecule has 0 saturated heterocycles. The largest absolute Gasteiger partial charge is 0.490 e. The van der Waals surface area contributed by atoms with E-state index in [4.69, 9.17) is 9.84 Å². The van der Waals surface area contributed by atoms with Gasteiger partial charge in [-0.15, -0.1) is 0 Å². The van der Waals surface area contributed by atoms with Crippen LogP contribution >= 0.6 is 0 Å². The number of carboxylic acids is 1. The Labute approximate surface area is 145 Å². The van der Waals surface area contributed by atoms with Crippen molar-refractivity contribution >= 4 is 28.6 Å². The maximum absolute atomic E-state index is 11.3. The molecule has 0 aliphatic rings. The first-order valence-electron chi connectivity index (χ1n) is 7.80. The Hall–Kier alpha value is -3.40. The van der Waals surface area contributed by atoms with Crippen molar-refractivity contribution in [3.63, 3.8) is 0 Å². The van der Waals surface area contributed by atoms with E-state index < -0.39 is 11.8 Å². The van der Waals surface area contributed by atoms with Crippen LogP contribution in [0.1, 0.15) is 15.9 Å². The van der Waals surface area contributed by atoms with Crippen molar-refractivity contribution in [3.05, 3.63) is 83.9 Å². The lowest BCUT2D eigenvalue weighted by Gasteiger charge is -2.04. The van der Waals surface area contributed by atoms with Gasteiger partial charge in [0.25, 0.3) is 5.78 Å². The fourth-order valence-electron chi connectivity index (χ4n) is 2.54. The fraction of sp³-hybridized carbons (Fsp3) is 0.0476. The van der Waals surface area contributed by atoms with Crippen molar-refractivity contribution in [1.29, 1.82) is 0 Å². The van der Waals surface area contributed by atoms with Crippen LogP contribution in [0.15, 0.2) is 72.8 Å². The van der Waals surface area contributed by atoms with Crippen LogP contribution in [0.5, 0.6) is 5.75 Å². The van der Waals surface area contributed by atoms with Gasteiger partial charge in [0, 0.05) is 5.56 Å². The van der Waals surface area contributed by atoms with Gasteiger partial charge in [-0.3, -0.25) is 4.79 Å². The van der Waals surface area contributed by atoms with Crippen LogP contribution in [0.4, 0.5) is 0 Å². The van der Waals surface area contributed by atoms with Crippen molar-refractivity contribution < 1.29 is 19.4 Å². The Morgan fingerprint density at radius 1 is 0.920 bits per heavy atom. The average Bonchev–Trinajstić information content (AvgIpc) is 2.65. The van der Waals surface area contributed by atoms with Gasteiger partial charge in [-0.1, -0.05) is 48.5 Å². The van der Waals surface area contributed by atoms with Gasteiger partial charge in [0.05, 0.1) is 0 Å². The zero-order valence-electron chi connectivity index (χ0n) is 13.4. The third-order valence-electron chi connectivity index (χ3n) is 3.78. The lowest BCUT2D eigenvalue weighted by molar-refractivity contribution is -0.131. The highest BCUT2D eigenvalue weighted by Gasteiger charge is 2.13. The highest BCUT2D eigenvalue weighted by atomic mass is 16.5. The fourth-order valence-corrected chi connectivity index (χ4v) is 2.54. The average molecular weight is 332 g/mol. The number of fused-ring (bicyclic) bond motifs is 1. The summed E-state index contributed by atoms with van der Waals surface area (Å²) in [5.41, 5.74) is 1.25. The number of benzene rings is 3. The molecule has 3 rings (SSSR count). The van der Waals surface area contributed by atoms with Crippen molar-refractivity contribution in [2.24, 2.45) is 0 Å². The molecule has 0 amide bonds. The molecule has 124 valence electrons. The molecule has 1 N–H and O–H groups in total. The van der Waals surface area contributed by atoms with Crippen LogP contribution < -0.4 is 4.74 Å². The van der Waals surface area contributed by atoms with Crippen LogP contribution in [0, 0.1) is 0 Å². The number of hydrogen-bond donors (Lipinski definition) is 1. The number of ketones is 1. The van der Waals surface area contributed by atoms with E-state index in [0.29, 0.717) is 12.4 Å². The van der Waals surface area contributed by atoms with E-state index in [1.165, 1.54) is 22.9 Å². The van der Waals surface area contributed by atoms with E-state index in [1.807, 2.05) is 36.4 Å². The second kappa shape index (κ2) is 7.45. The predicted octanol–water partition coefficient (Wildman–Crippen LogP) is 4.20. The lowest BCUT2D eigenvalue weighted by Crippen LogP contribution is -2.12. The van der Waals surface area contributed by atoms with Crippen LogP contribution in [-0.2, 0) is 4.79 Å². The molecule has 0 saturated carbocycles. The molecule has 3 aromatic carbocycles. The summed E-state index contributed by atoms with van der Waals surface area (Å²) in [6, 6.07) is 20.4. The summed E-state index contributed by atoms with van der Waals surface area (Å²) in [6.45, 7) is 0.370. The molecule has 4 nitrogen and oxygen atoms in total. The third-order valence-corrected chi connectivity index (χ3v) is 3.78. The third kappa shape index (κ3) is 3.93. The summed E-state index contributed by atoms with van der Waals surface area (Å²) in [7, 11) is 0. The molecule has 25 heavy (non-hydrogen) atoms. The highest BCUT2D eigenvalue weighted by Crippen LogP contribution is 2.19. The number of carbonyl (C=O) groups is 2. The molecular weight excluding hydrogens is 316 g/mol. The number of hydrogen-bond acceptors (Lipinski definition) is 3. The number of ether oxygens (including phenoxy) is 1. The molecule has 0 aromatic heterocycles. The molecule has 0 bridgehead atoms. The molecule has 3 aromatic rings. The summed E-state index contributed by atoms with van der Waals surface area (Å²) >= 11 is 0. The van der Waals surface area contributed by atoms with E-state index in [9.17, 15) is 9.59 Å². The van der Waals surface area contributed by atoms with Gasteiger partial charge in [-0.05, 0) is 46.7 Å². The number of Topliss-reactive ketones (excluding diaryl/α,β-unsaturated/α-hetero) is 1. The lowest BCUT2D eigenvalue weighted by atomic mass is 10.0. The van der Waals surface area contributed by atoms with Crippen molar-refractivity contribution in [2.45, 2.75) is 0 Å². The first-order chi connectivity index (χ1) is 12.1. The van der Waals surface area contributed by atoms with Crippen molar-refractivity contribution in [2.75, 3.05) is 6.61 Å². The van der Waals surface area contributed by atoms with Gasteiger partial charge in [0.1, 0.15) is 12.4 Å². The first kappa shape index (κ1) is 16.5. The van der Waals surface area contributed by atoms with Gasteiger partial charge in [0.2, 0.25) is 0 Å². The van der Waals surface area contributed by atoms with E-state index >= 15 is 0 Å². The number of carboxylic acid groups (broad SMARTS) is 1. The van der Waals surface area contributed by atoms with Crippen LogP contribution in [-0.4, -0.2) is 23.5 Å². The summed E-state index contributed by atoms with van der Waals surface area (Å²) in [6.07, 6.45) is 3.92. The van der Waals surface area contributed by atoms with Crippen LogP contribution in [0.2, 0.25) is 0 Å². The summed E-state index contributed by atoms with van der Waals surface area (Å²) in [5, 5.41) is 11.0. The zero-order valence-corrected chi connectivity index (χ0v) is 13.4. The smallest absolute Gasteiger partial charge is 0.377 e. The number of carbonyl (C=O) groups excluding carboxylic acids is 1. The number of rotatable bonds is 6. The molecule has 0 aliphatic heterocycles. The monoisotopic (exact) mass is 332 g/mol. The predicted molar refractivity (Wildman–Crippen MR) is 96.9 cm³/mol. The van der Waals surface area contributed by atoms with Gasteiger partial charge in [-0.25, -0.2) is 4.79 Å². The summed E-state index contributed by atoms with van der Waals surface area (Å²) in [5.74, 6) is -1.82. The maximum Gasteiger partial charge on any atom is 0.377 e.